The second-order valence-corrected chi connectivity index (χ2v) is 4.68. The quantitative estimate of drug-likeness (QED) is 0.554. The van der Waals surface area contributed by atoms with E-state index in [1.807, 2.05) is 0 Å². The Labute approximate surface area is 101 Å². The fraction of sp³-hybridized carbons (Fsp3) is 1.00. The van der Waals surface area contributed by atoms with E-state index in [4.69, 9.17) is 9.47 Å². The molecule has 0 amide bonds. The standard InChI is InChI=1S/C13H29NO2/c1-5-8-15-9-10-16-13(4)11-14-7-6-12(2)3/h12-14H,5-11H2,1-4H3. The topological polar surface area (TPSA) is 30.5 Å². The summed E-state index contributed by atoms with van der Waals surface area (Å²) in [6.45, 7) is 13.0. The molecule has 3 nitrogen and oxygen atoms in total. The average molecular weight is 231 g/mol. The van der Waals surface area contributed by atoms with Gasteiger partial charge in [-0.25, -0.2) is 0 Å². The Morgan fingerprint density at radius 2 is 1.81 bits per heavy atom. The minimum Gasteiger partial charge on any atom is -0.379 e. The molecule has 98 valence electrons. The van der Waals surface area contributed by atoms with E-state index >= 15 is 0 Å². The summed E-state index contributed by atoms with van der Waals surface area (Å²) in [5, 5.41) is 3.40. The van der Waals surface area contributed by atoms with E-state index in [-0.39, 0.29) is 6.10 Å². The lowest BCUT2D eigenvalue weighted by molar-refractivity contribution is 0.0130. The Hall–Kier alpha value is -0.120. The first-order valence-corrected chi connectivity index (χ1v) is 6.56. The van der Waals surface area contributed by atoms with Crippen LogP contribution in [0.1, 0.15) is 40.5 Å². The molecule has 0 rings (SSSR count). The molecule has 0 bridgehead atoms. The third kappa shape index (κ3) is 12.0. The summed E-state index contributed by atoms with van der Waals surface area (Å²) in [4.78, 5) is 0. The highest BCUT2D eigenvalue weighted by Gasteiger charge is 2.01. The first-order valence-electron chi connectivity index (χ1n) is 6.56. The summed E-state index contributed by atoms with van der Waals surface area (Å²) in [6, 6.07) is 0. The molecule has 0 aromatic heterocycles. The van der Waals surface area contributed by atoms with Gasteiger partial charge in [-0.05, 0) is 32.2 Å². The summed E-state index contributed by atoms with van der Waals surface area (Å²) in [5.41, 5.74) is 0. The molecule has 0 aliphatic carbocycles. The van der Waals surface area contributed by atoms with Crippen molar-refractivity contribution in [3.05, 3.63) is 0 Å². The van der Waals surface area contributed by atoms with E-state index in [9.17, 15) is 0 Å². The zero-order valence-electron chi connectivity index (χ0n) is 11.4. The molecule has 0 aromatic carbocycles. The summed E-state index contributed by atoms with van der Waals surface area (Å²) in [7, 11) is 0. The fourth-order valence-electron chi connectivity index (χ4n) is 1.31. The Kier molecular flexibility index (Phi) is 11.3. The van der Waals surface area contributed by atoms with Crippen LogP contribution in [0.2, 0.25) is 0 Å². The highest BCUT2D eigenvalue weighted by molar-refractivity contribution is 4.56. The van der Waals surface area contributed by atoms with E-state index in [2.05, 4.69) is 33.0 Å². The molecule has 0 spiro atoms. The van der Waals surface area contributed by atoms with Gasteiger partial charge in [0, 0.05) is 13.2 Å². The van der Waals surface area contributed by atoms with Crippen molar-refractivity contribution < 1.29 is 9.47 Å². The van der Waals surface area contributed by atoms with Gasteiger partial charge < -0.3 is 14.8 Å². The van der Waals surface area contributed by atoms with Crippen molar-refractivity contribution in [1.82, 2.24) is 5.32 Å². The normalized spacial score (nSPS) is 13.3. The van der Waals surface area contributed by atoms with Gasteiger partial charge in [-0.3, -0.25) is 0 Å². The Bertz CT molecular complexity index is 140. The Balaban J connectivity index is 3.15. The molecule has 1 atom stereocenters. The van der Waals surface area contributed by atoms with E-state index < -0.39 is 0 Å². The highest BCUT2D eigenvalue weighted by atomic mass is 16.5. The van der Waals surface area contributed by atoms with Crippen LogP contribution in [0.3, 0.4) is 0 Å². The van der Waals surface area contributed by atoms with E-state index in [1.54, 1.807) is 0 Å². The van der Waals surface area contributed by atoms with Crippen molar-refractivity contribution in [2.75, 3.05) is 32.9 Å². The van der Waals surface area contributed by atoms with Gasteiger partial charge in [0.2, 0.25) is 0 Å². The van der Waals surface area contributed by atoms with E-state index in [0.29, 0.717) is 13.2 Å². The SMILES string of the molecule is CCCOCCOC(C)CNCCC(C)C. The van der Waals surface area contributed by atoms with Crippen LogP contribution in [0, 0.1) is 5.92 Å². The van der Waals surface area contributed by atoms with E-state index in [1.165, 1.54) is 6.42 Å². The van der Waals surface area contributed by atoms with Gasteiger partial charge >= 0.3 is 0 Å². The maximum Gasteiger partial charge on any atom is 0.0704 e. The number of hydrogen-bond donors (Lipinski definition) is 1. The zero-order valence-corrected chi connectivity index (χ0v) is 11.4. The fourth-order valence-corrected chi connectivity index (χ4v) is 1.31. The van der Waals surface area contributed by atoms with Crippen LogP contribution in [0.15, 0.2) is 0 Å². The molecule has 0 heterocycles. The molecule has 3 heteroatoms. The summed E-state index contributed by atoms with van der Waals surface area (Å²) < 4.78 is 11.0. The summed E-state index contributed by atoms with van der Waals surface area (Å²) in [6.07, 6.45) is 2.58. The maximum absolute atomic E-state index is 5.61. The van der Waals surface area contributed by atoms with Crippen molar-refractivity contribution in [3.63, 3.8) is 0 Å². The third-order valence-electron chi connectivity index (χ3n) is 2.31. The first kappa shape index (κ1) is 15.9. The van der Waals surface area contributed by atoms with Crippen LogP contribution in [0.5, 0.6) is 0 Å². The van der Waals surface area contributed by atoms with Crippen LogP contribution >= 0.6 is 0 Å². The monoisotopic (exact) mass is 231 g/mol. The molecular formula is C13H29NO2. The van der Waals surface area contributed by atoms with Crippen molar-refractivity contribution in [3.8, 4) is 0 Å². The number of nitrogens with one attached hydrogen (secondary N) is 1. The average Bonchev–Trinajstić information content (AvgIpc) is 2.24. The number of ether oxygens (including phenoxy) is 2. The molecule has 1 unspecified atom stereocenters. The lowest BCUT2D eigenvalue weighted by atomic mass is 10.1. The Morgan fingerprint density at radius 1 is 1.06 bits per heavy atom. The van der Waals surface area contributed by atoms with Gasteiger partial charge in [0.15, 0.2) is 0 Å². The van der Waals surface area contributed by atoms with Crippen LogP contribution in [-0.4, -0.2) is 39.0 Å². The van der Waals surface area contributed by atoms with Crippen molar-refractivity contribution >= 4 is 0 Å². The molecule has 0 radical (unpaired) electrons. The number of hydrogen-bond acceptors (Lipinski definition) is 3. The highest BCUT2D eigenvalue weighted by Crippen LogP contribution is 1.96. The van der Waals surface area contributed by atoms with Gasteiger partial charge in [0.1, 0.15) is 0 Å². The lowest BCUT2D eigenvalue weighted by Gasteiger charge is -2.14. The summed E-state index contributed by atoms with van der Waals surface area (Å²) in [5.74, 6) is 0.770. The minimum atomic E-state index is 0.275. The van der Waals surface area contributed by atoms with Crippen molar-refractivity contribution in [2.45, 2.75) is 46.6 Å². The first-order chi connectivity index (χ1) is 7.66. The molecule has 0 saturated carbocycles. The predicted molar refractivity (Wildman–Crippen MR) is 68.8 cm³/mol. The number of rotatable bonds is 11. The molecule has 1 N–H and O–H groups in total. The minimum absolute atomic E-state index is 0.275. The molecular weight excluding hydrogens is 202 g/mol. The van der Waals surface area contributed by atoms with Gasteiger partial charge in [0.25, 0.3) is 0 Å². The second-order valence-electron chi connectivity index (χ2n) is 4.68. The van der Waals surface area contributed by atoms with Crippen molar-refractivity contribution in [2.24, 2.45) is 5.92 Å². The molecule has 0 saturated heterocycles. The van der Waals surface area contributed by atoms with Crippen LogP contribution < -0.4 is 5.32 Å². The van der Waals surface area contributed by atoms with Crippen LogP contribution in [-0.2, 0) is 9.47 Å². The lowest BCUT2D eigenvalue weighted by Crippen LogP contribution is -2.29. The zero-order chi connectivity index (χ0) is 12.2. The molecule has 0 fully saturated rings. The smallest absolute Gasteiger partial charge is 0.0704 e. The van der Waals surface area contributed by atoms with Gasteiger partial charge in [-0.15, -0.1) is 0 Å². The molecule has 16 heavy (non-hydrogen) atoms. The molecule has 0 aliphatic rings. The van der Waals surface area contributed by atoms with Gasteiger partial charge in [-0.1, -0.05) is 20.8 Å². The second kappa shape index (κ2) is 11.4. The largest absolute Gasteiger partial charge is 0.379 e. The Morgan fingerprint density at radius 3 is 2.44 bits per heavy atom. The third-order valence-corrected chi connectivity index (χ3v) is 2.31. The van der Waals surface area contributed by atoms with Gasteiger partial charge in [0.05, 0.1) is 19.3 Å². The van der Waals surface area contributed by atoms with Gasteiger partial charge in [-0.2, -0.15) is 0 Å². The van der Waals surface area contributed by atoms with E-state index in [0.717, 1.165) is 32.0 Å². The van der Waals surface area contributed by atoms with Crippen LogP contribution in [0.25, 0.3) is 0 Å². The van der Waals surface area contributed by atoms with Crippen LogP contribution in [0.4, 0.5) is 0 Å². The molecule has 0 aliphatic heterocycles. The maximum atomic E-state index is 5.61. The summed E-state index contributed by atoms with van der Waals surface area (Å²) >= 11 is 0. The van der Waals surface area contributed by atoms with Crippen molar-refractivity contribution in [1.29, 1.82) is 0 Å². The molecule has 0 aromatic rings. The predicted octanol–water partition coefficient (Wildman–Crippen LogP) is 2.45.